The molecule has 1 fully saturated rings. The van der Waals surface area contributed by atoms with Crippen molar-refractivity contribution < 1.29 is 32.6 Å². The van der Waals surface area contributed by atoms with E-state index in [-0.39, 0.29) is 41.2 Å². The van der Waals surface area contributed by atoms with Gasteiger partial charge in [-0.2, -0.15) is 0 Å². The van der Waals surface area contributed by atoms with Gasteiger partial charge in [0.05, 0.1) is 24.2 Å². The predicted molar refractivity (Wildman–Crippen MR) is 192 cm³/mol. The van der Waals surface area contributed by atoms with Crippen molar-refractivity contribution in [2.75, 3.05) is 26.3 Å². The van der Waals surface area contributed by atoms with E-state index in [1.807, 2.05) is 45.2 Å². The number of nitrogens with zero attached hydrogens (tertiary/aromatic N) is 4. The normalized spacial score (nSPS) is 17.2. The Bertz CT molecular complexity index is 2110. The first-order chi connectivity index (χ1) is 23.8. The Kier molecular flexibility index (Phi) is 9.53. The molecule has 2 aromatic carbocycles. The monoisotopic (exact) mass is 717 g/mol. The van der Waals surface area contributed by atoms with E-state index in [9.17, 15) is 23.1 Å². The fourth-order valence-electron chi connectivity index (χ4n) is 6.74. The molecular formula is C38H47N5O7S. The predicted octanol–water partition coefficient (Wildman–Crippen LogP) is 5.85. The van der Waals surface area contributed by atoms with Gasteiger partial charge in [-0.3, -0.25) is 9.69 Å². The average molecular weight is 718 g/mol. The molecule has 0 spiro atoms. The number of aliphatic hydroxyl groups is 1. The average Bonchev–Trinajstić information content (AvgIpc) is 3.49. The second-order valence-electron chi connectivity index (χ2n) is 15.3. The van der Waals surface area contributed by atoms with Crippen molar-refractivity contribution in [3.05, 3.63) is 70.4 Å². The van der Waals surface area contributed by atoms with Crippen molar-refractivity contribution in [1.29, 1.82) is 0 Å². The van der Waals surface area contributed by atoms with Crippen LogP contribution in [0.25, 0.3) is 22.4 Å². The summed E-state index contributed by atoms with van der Waals surface area (Å²) in [5, 5.41) is 10.4. The van der Waals surface area contributed by atoms with Gasteiger partial charge in [0.25, 0.3) is 5.91 Å². The third-order valence-electron chi connectivity index (χ3n) is 9.25. The highest BCUT2D eigenvalue weighted by Gasteiger charge is 2.38. The molecule has 0 saturated carbocycles. The number of hydrogen-bond acceptors (Lipinski definition) is 9. The molecule has 4 aromatic rings. The smallest absolute Gasteiger partial charge is 0.410 e. The van der Waals surface area contributed by atoms with Crippen molar-refractivity contribution in [2.45, 2.75) is 101 Å². The van der Waals surface area contributed by atoms with Crippen LogP contribution in [0.4, 0.5) is 4.79 Å². The SMILES string of the molecule is Cc1cccc(S(=O)(=O)c2nc3[nH]cc(C(C)C)c3nc2-c2cc3c(c(C4COCCN4C(=O)OC(C)(C)C)c2)CN(C(=O)C(C)(C)O)CC3)c1. The fourth-order valence-corrected chi connectivity index (χ4v) is 8.19. The first-order valence-electron chi connectivity index (χ1n) is 17.3. The van der Waals surface area contributed by atoms with Gasteiger partial charge in [-0.15, -0.1) is 0 Å². The third-order valence-corrected chi connectivity index (χ3v) is 10.9. The first kappa shape index (κ1) is 36.5. The molecule has 12 nitrogen and oxygen atoms in total. The van der Waals surface area contributed by atoms with Crippen molar-refractivity contribution in [3.63, 3.8) is 0 Å². The van der Waals surface area contributed by atoms with Crippen LogP contribution in [-0.4, -0.2) is 87.8 Å². The molecule has 272 valence electrons. The molecule has 2 amide bonds. The zero-order valence-electron chi connectivity index (χ0n) is 30.5. The quantitative estimate of drug-likeness (QED) is 0.250. The van der Waals surface area contributed by atoms with Gasteiger partial charge in [-0.1, -0.05) is 26.0 Å². The number of rotatable bonds is 6. The molecule has 0 radical (unpaired) electrons. The van der Waals surface area contributed by atoms with E-state index in [0.29, 0.717) is 41.9 Å². The summed E-state index contributed by atoms with van der Waals surface area (Å²) in [6.07, 6.45) is 1.73. The largest absolute Gasteiger partial charge is 0.444 e. The lowest BCUT2D eigenvalue weighted by atomic mass is 9.87. The van der Waals surface area contributed by atoms with Crippen LogP contribution in [0.15, 0.2) is 52.5 Å². The Hall–Kier alpha value is -4.33. The van der Waals surface area contributed by atoms with Crippen LogP contribution >= 0.6 is 0 Å². The van der Waals surface area contributed by atoms with Crippen LogP contribution in [0.1, 0.15) is 88.2 Å². The Morgan fingerprint density at radius 3 is 2.49 bits per heavy atom. The number of amides is 2. The fraction of sp³-hybridized carbons (Fsp3) is 0.474. The summed E-state index contributed by atoms with van der Waals surface area (Å²) in [5.41, 5.74) is 3.34. The maximum absolute atomic E-state index is 14.5. The number of aromatic amines is 1. The van der Waals surface area contributed by atoms with Crippen LogP contribution in [0, 0.1) is 6.92 Å². The summed E-state index contributed by atoms with van der Waals surface area (Å²) < 4.78 is 40.7. The van der Waals surface area contributed by atoms with Crippen LogP contribution in [0.2, 0.25) is 0 Å². The van der Waals surface area contributed by atoms with E-state index in [4.69, 9.17) is 19.4 Å². The molecule has 2 aliphatic heterocycles. The molecule has 6 rings (SSSR count). The van der Waals surface area contributed by atoms with E-state index in [0.717, 1.165) is 22.3 Å². The van der Waals surface area contributed by atoms with E-state index < -0.39 is 39.1 Å². The van der Waals surface area contributed by atoms with Crippen molar-refractivity contribution in [2.24, 2.45) is 0 Å². The molecule has 1 saturated heterocycles. The van der Waals surface area contributed by atoms with Gasteiger partial charge in [-0.05, 0) is 100 Å². The topological polar surface area (TPSA) is 155 Å². The minimum absolute atomic E-state index is 0.0836. The molecule has 4 heterocycles. The molecule has 1 unspecified atom stereocenters. The lowest BCUT2D eigenvalue weighted by Gasteiger charge is -2.40. The number of nitrogens with one attached hydrogen (secondary N) is 1. The highest BCUT2D eigenvalue weighted by Crippen LogP contribution is 2.40. The van der Waals surface area contributed by atoms with Gasteiger partial charge in [0, 0.05) is 37.0 Å². The van der Waals surface area contributed by atoms with Gasteiger partial charge in [-0.25, -0.2) is 23.2 Å². The number of H-pyrrole nitrogens is 1. The highest BCUT2D eigenvalue weighted by molar-refractivity contribution is 7.91. The van der Waals surface area contributed by atoms with E-state index >= 15 is 0 Å². The van der Waals surface area contributed by atoms with Gasteiger partial charge in [0.1, 0.15) is 22.4 Å². The maximum Gasteiger partial charge on any atom is 0.410 e. The van der Waals surface area contributed by atoms with Crippen molar-refractivity contribution in [3.8, 4) is 11.3 Å². The standard InChI is InChI=1S/C38H47N5O7S/c1-22(2)28-19-39-33-32(28)40-31(34(41-33)51(47,48)26-11-9-10-23(3)16-26)25-17-24-12-13-42(35(44)38(7,8)46)20-29(24)27(18-25)30-21-49-15-14-43(30)36(45)50-37(4,5)6/h9-11,16-19,22,30,46H,12-15,20-21H2,1-8H3,(H,39,41). The molecule has 1 atom stereocenters. The molecule has 2 aliphatic rings. The van der Waals surface area contributed by atoms with Gasteiger partial charge in [0.2, 0.25) is 9.84 Å². The second kappa shape index (κ2) is 13.3. The van der Waals surface area contributed by atoms with E-state index in [1.165, 1.54) is 13.8 Å². The Balaban J connectivity index is 1.60. The lowest BCUT2D eigenvalue weighted by Crippen LogP contribution is -2.48. The number of aryl methyl sites for hydroxylation is 1. The molecule has 2 aromatic heterocycles. The second-order valence-corrected chi connectivity index (χ2v) is 17.2. The minimum atomic E-state index is -4.17. The molecular weight excluding hydrogens is 671 g/mol. The van der Waals surface area contributed by atoms with Gasteiger partial charge in [0.15, 0.2) is 10.7 Å². The van der Waals surface area contributed by atoms with E-state index in [1.54, 1.807) is 48.8 Å². The Morgan fingerprint density at radius 2 is 1.82 bits per heavy atom. The molecule has 13 heteroatoms. The van der Waals surface area contributed by atoms with Crippen molar-refractivity contribution >= 4 is 33.0 Å². The van der Waals surface area contributed by atoms with Crippen molar-refractivity contribution in [1.82, 2.24) is 24.8 Å². The summed E-state index contributed by atoms with van der Waals surface area (Å²) in [5.74, 6) is -0.330. The number of fused-ring (bicyclic) bond motifs is 2. The van der Waals surface area contributed by atoms with E-state index in [2.05, 4.69) is 4.98 Å². The number of sulfone groups is 1. The minimum Gasteiger partial charge on any atom is -0.444 e. The molecule has 0 bridgehead atoms. The summed E-state index contributed by atoms with van der Waals surface area (Å²) in [4.78, 5) is 43.2. The highest BCUT2D eigenvalue weighted by atomic mass is 32.2. The summed E-state index contributed by atoms with van der Waals surface area (Å²) in [6, 6.07) is 9.84. The number of hydrogen-bond donors (Lipinski definition) is 2. The number of ether oxygens (including phenoxy) is 2. The number of benzene rings is 2. The summed E-state index contributed by atoms with van der Waals surface area (Å²) in [6.45, 7) is 15.5. The molecule has 2 N–H and O–H groups in total. The maximum atomic E-state index is 14.5. The van der Waals surface area contributed by atoms with Crippen LogP contribution in [0.3, 0.4) is 0 Å². The summed E-state index contributed by atoms with van der Waals surface area (Å²) in [7, 11) is -4.17. The Morgan fingerprint density at radius 1 is 1.08 bits per heavy atom. The van der Waals surface area contributed by atoms with Gasteiger partial charge < -0.3 is 24.5 Å². The zero-order valence-corrected chi connectivity index (χ0v) is 31.3. The van der Waals surface area contributed by atoms with Gasteiger partial charge >= 0.3 is 6.09 Å². The van der Waals surface area contributed by atoms with Crippen LogP contribution in [0.5, 0.6) is 0 Å². The molecule has 51 heavy (non-hydrogen) atoms. The van der Waals surface area contributed by atoms with Crippen LogP contribution < -0.4 is 0 Å². The zero-order chi connectivity index (χ0) is 37.0. The number of carbonyl (C=O) groups excluding carboxylic acids is 2. The third kappa shape index (κ3) is 7.24. The summed E-state index contributed by atoms with van der Waals surface area (Å²) >= 11 is 0. The lowest BCUT2D eigenvalue weighted by molar-refractivity contribution is -0.148. The molecule has 0 aliphatic carbocycles. The number of carbonyl (C=O) groups is 2. The van der Waals surface area contributed by atoms with Crippen LogP contribution in [-0.2, 0) is 37.1 Å². The first-order valence-corrected chi connectivity index (χ1v) is 18.8. The number of morpholine rings is 1. The Labute approximate surface area is 299 Å². The number of aromatic nitrogens is 3.